The number of rotatable bonds is 21. The first-order chi connectivity index (χ1) is 12.3. The quantitative estimate of drug-likeness (QED) is 0.165. The molecule has 150 valence electrons. The molecule has 6 N–H and O–H groups in total. The second kappa shape index (κ2) is 21.3. The van der Waals surface area contributed by atoms with E-state index in [0.29, 0.717) is 6.42 Å². The van der Waals surface area contributed by atoms with Gasteiger partial charge in [0.1, 0.15) is 0 Å². The molecule has 0 saturated carbocycles. The molecule has 0 saturated heterocycles. The maximum absolute atomic E-state index is 10.4. The van der Waals surface area contributed by atoms with Gasteiger partial charge in [0.25, 0.3) is 0 Å². The standard InChI is InChI=1S/C18H41N5O2/c1-2-19-12-13-22-16-17-23-15-14-21-11-7-6-10-20-9-5-3-4-8-18(24)25/h19-23H,2-17H2,1H3,(H,24,25). The summed E-state index contributed by atoms with van der Waals surface area (Å²) >= 11 is 0. The zero-order valence-electron chi connectivity index (χ0n) is 16.2. The molecular weight excluding hydrogens is 318 g/mol. The summed E-state index contributed by atoms with van der Waals surface area (Å²) in [4.78, 5) is 10.4. The first-order valence-corrected chi connectivity index (χ1v) is 10.0. The average molecular weight is 360 g/mol. The van der Waals surface area contributed by atoms with Crippen molar-refractivity contribution in [3.05, 3.63) is 0 Å². The summed E-state index contributed by atoms with van der Waals surface area (Å²) in [5.41, 5.74) is 0. The monoisotopic (exact) mass is 359 g/mol. The smallest absolute Gasteiger partial charge is 0.303 e. The van der Waals surface area contributed by atoms with E-state index in [4.69, 9.17) is 5.11 Å². The van der Waals surface area contributed by atoms with E-state index >= 15 is 0 Å². The molecule has 7 nitrogen and oxygen atoms in total. The van der Waals surface area contributed by atoms with E-state index in [2.05, 4.69) is 33.5 Å². The van der Waals surface area contributed by atoms with Crippen LogP contribution < -0.4 is 26.6 Å². The molecular formula is C18H41N5O2. The predicted molar refractivity (Wildman–Crippen MR) is 105 cm³/mol. The Labute approximate surface area is 154 Å². The first-order valence-electron chi connectivity index (χ1n) is 10.0. The van der Waals surface area contributed by atoms with Crippen LogP contribution in [0.3, 0.4) is 0 Å². The molecule has 0 aliphatic heterocycles. The highest BCUT2D eigenvalue weighted by Crippen LogP contribution is 1.98. The maximum atomic E-state index is 10.4. The summed E-state index contributed by atoms with van der Waals surface area (Å²) in [6, 6.07) is 0. The Bertz CT molecular complexity index is 280. The topological polar surface area (TPSA) is 97.5 Å². The molecule has 0 fully saturated rings. The SMILES string of the molecule is CCNCCNCCNCCNCCCCNCCCCCC(=O)O. The van der Waals surface area contributed by atoms with Crippen molar-refractivity contribution in [3.63, 3.8) is 0 Å². The second-order valence-corrected chi connectivity index (χ2v) is 6.27. The summed E-state index contributed by atoms with van der Waals surface area (Å²) in [5.74, 6) is -0.688. The van der Waals surface area contributed by atoms with Gasteiger partial charge in [0.15, 0.2) is 0 Å². The van der Waals surface area contributed by atoms with Gasteiger partial charge in [0.05, 0.1) is 0 Å². The van der Waals surface area contributed by atoms with Gasteiger partial charge in [0, 0.05) is 45.7 Å². The van der Waals surface area contributed by atoms with E-state index in [1.165, 1.54) is 12.8 Å². The molecule has 25 heavy (non-hydrogen) atoms. The Balaban J connectivity index is 2.97. The van der Waals surface area contributed by atoms with Crippen molar-refractivity contribution >= 4 is 5.97 Å². The largest absolute Gasteiger partial charge is 0.481 e. The Morgan fingerprint density at radius 2 is 1.00 bits per heavy atom. The van der Waals surface area contributed by atoms with Crippen LogP contribution in [0.4, 0.5) is 0 Å². The number of nitrogens with one attached hydrogen (secondary N) is 5. The molecule has 0 bridgehead atoms. The van der Waals surface area contributed by atoms with Crippen LogP contribution in [-0.2, 0) is 4.79 Å². The van der Waals surface area contributed by atoms with Gasteiger partial charge < -0.3 is 31.7 Å². The predicted octanol–water partition coefficient (Wildman–Crippen LogP) is 0.380. The molecule has 0 aliphatic carbocycles. The Kier molecular flexibility index (Phi) is 20.7. The number of carbonyl (C=O) groups is 1. The number of aliphatic carboxylic acids is 1. The normalized spacial score (nSPS) is 11.1. The lowest BCUT2D eigenvalue weighted by molar-refractivity contribution is -0.137. The number of hydrogen-bond donors (Lipinski definition) is 6. The molecule has 0 spiro atoms. The maximum Gasteiger partial charge on any atom is 0.303 e. The molecule has 0 unspecified atom stereocenters. The number of carboxylic acid groups (broad SMARTS) is 1. The van der Waals surface area contributed by atoms with Crippen LogP contribution in [0, 0.1) is 0 Å². The zero-order valence-corrected chi connectivity index (χ0v) is 16.2. The van der Waals surface area contributed by atoms with Gasteiger partial charge >= 0.3 is 5.97 Å². The number of carboxylic acids is 1. The second-order valence-electron chi connectivity index (χ2n) is 6.27. The zero-order chi connectivity index (χ0) is 18.4. The van der Waals surface area contributed by atoms with Crippen molar-refractivity contribution < 1.29 is 9.90 Å². The Morgan fingerprint density at radius 3 is 1.48 bits per heavy atom. The van der Waals surface area contributed by atoms with Crippen LogP contribution in [0.15, 0.2) is 0 Å². The third-order valence-electron chi connectivity index (χ3n) is 3.89. The van der Waals surface area contributed by atoms with Gasteiger partial charge in [-0.1, -0.05) is 13.3 Å². The van der Waals surface area contributed by atoms with Gasteiger partial charge in [-0.05, 0) is 51.9 Å². The summed E-state index contributed by atoms with van der Waals surface area (Å²) in [5, 5.41) is 25.5. The summed E-state index contributed by atoms with van der Waals surface area (Å²) in [7, 11) is 0. The fraction of sp³-hybridized carbons (Fsp3) is 0.944. The molecule has 0 rings (SSSR count). The number of unbranched alkanes of at least 4 members (excludes halogenated alkanes) is 3. The summed E-state index contributed by atoms with van der Waals surface area (Å²) < 4.78 is 0. The van der Waals surface area contributed by atoms with Crippen molar-refractivity contribution in [3.8, 4) is 0 Å². The third kappa shape index (κ3) is 23.3. The highest BCUT2D eigenvalue weighted by molar-refractivity contribution is 5.66. The minimum absolute atomic E-state index is 0.299. The molecule has 0 amide bonds. The number of likely N-dealkylation sites (N-methyl/N-ethyl adjacent to an activating group) is 1. The lowest BCUT2D eigenvalue weighted by atomic mass is 10.2. The van der Waals surface area contributed by atoms with Crippen molar-refractivity contribution in [1.29, 1.82) is 0 Å². The van der Waals surface area contributed by atoms with Crippen LogP contribution in [0.25, 0.3) is 0 Å². The Morgan fingerprint density at radius 1 is 0.600 bits per heavy atom. The first kappa shape index (κ1) is 24.3. The van der Waals surface area contributed by atoms with E-state index in [0.717, 1.165) is 84.7 Å². The Hall–Kier alpha value is -0.730. The van der Waals surface area contributed by atoms with Crippen molar-refractivity contribution in [2.45, 2.75) is 45.4 Å². The van der Waals surface area contributed by atoms with Crippen LogP contribution >= 0.6 is 0 Å². The van der Waals surface area contributed by atoms with Crippen LogP contribution in [0.2, 0.25) is 0 Å². The highest BCUT2D eigenvalue weighted by atomic mass is 16.4. The van der Waals surface area contributed by atoms with E-state index < -0.39 is 5.97 Å². The van der Waals surface area contributed by atoms with E-state index in [1.54, 1.807) is 0 Å². The summed E-state index contributed by atoms with van der Waals surface area (Å²) in [6.45, 7) is 12.4. The van der Waals surface area contributed by atoms with Gasteiger partial charge in [-0.3, -0.25) is 4.79 Å². The lowest BCUT2D eigenvalue weighted by Gasteiger charge is -2.08. The highest BCUT2D eigenvalue weighted by Gasteiger charge is 1.96. The lowest BCUT2D eigenvalue weighted by Crippen LogP contribution is -2.35. The fourth-order valence-corrected chi connectivity index (χ4v) is 2.41. The van der Waals surface area contributed by atoms with Gasteiger partial charge in [-0.25, -0.2) is 0 Å². The van der Waals surface area contributed by atoms with Crippen molar-refractivity contribution in [2.75, 3.05) is 65.4 Å². The molecule has 0 radical (unpaired) electrons. The van der Waals surface area contributed by atoms with E-state index in [1.807, 2.05) is 0 Å². The molecule has 0 aromatic heterocycles. The summed E-state index contributed by atoms with van der Waals surface area (Å²) in [6.07, 6.45) is 5.54. The molecule has 7 heteroatoms. The molecule has 0 heterocycles. The van der Waals surface area contributed by atoms with E-state index in [-0.39, 0.29) is 0 Å². The average Bonchev–Trinajstić information content (AvgIpc) is 2.60. The number of hydrogen-bond acceptors (Lipinski definition) is 6. The van der Waals surface area contributed by atoms with Crippen LogP contribution in [0.5, 0.6) is 0 Å². The van der Waals surface area contributed by atoms with Crippen LogP contribution in [0.1, 0.15) is 45.4 Å². The molecule has 0 aromatic rings. The van der Waals surface area contributed by atoms with Crippen molar-refractivity contribution in [2.24, 2.45) is 0 Å². The minimum Gasteiger partial charge on any atom is -0.481 e. The van der Waals surface area contributed by atoms with Crippen LogP contribution in [-0.4, -0.2) is 76.5 Å². The van der Waals surface area contributed by atoms with Gasteiger partial charge in [0.2, 0.25) is 0 Å². The fourth-order valence-electron chi connectivity index (χ4n) is 2.41. The molecule has 0 aliphatic rings. The van der Waals surface area contributed by atoms with E-state index in [9.17, 15) is 4.79 Å². The third-order valence-corrected chi connectivity index (χ3v) is 3.89. The molecule has 0 atom stereocenters. The van der Waals surface area contributed by atoms with Gasteiger partial charge in [-0.2, -0.15) is 0 Å². The minimum atomic E-state index is -0.688. The van der Waals surface area contributed by atoms with Crippen molar-refractivity contribution in [1.82, 2.24) is 26.6 Å². The van der Waals surface area contributed by atoms with Gasteiger partial charge in [-0.15, -0.1) is 0 Å². The molecule has 0 aromatic carbocycles.